The van der Waals surface area contributed by atoms with Crippen molar-refractivity contribution in [2.45, 2.75) is 32.4 Å². The maximum Gasteiger partial charge on any atom is 0.410 e. The van der Waals surface area contributed by atoms with Gasteiger partial charge in [-0.25, -0.2) is 4.79 Å². The van der Waals surface area contributed by atoms with Crippen molar-refractivity contribution in [2.75, 3.05) is 32.8 Å². The largest absolute Gasteiger partial charge is 0.447 e. The Morgan fingerprint density at radius 3 is 2.88 bits per heavy atom. The van der Waals surface area contributed by atoms with Crippen LogP contribution in [-0.2, 0) is 4.74 Å². The van der Waals surface area contributed by atoms with Crippen molar-refractivity contribution in [1.29, 1.82) is 0 Å². The van der Waals surface area contributed by atoms with E-state index in [0.29, 0.717) is 25.1 Å². The number of rotatable bonds is 4. The Balaban J connectivity index is 1.87. The molecule has 0 aromatic carbocycles. The molecule has 2 heterocycles. The van der Waals surface area contributed by atoms with Crippen molar-refractivity contribution in [3.63, 3.8) is 0 Å². The molecular formula is C12H23N3O2. The monoisotopic (exact) mass is 241 g/mol. The van der Waals surface area contributed by atoms with Crippen molar-refractivity contribution in [3.05, 3.63) is 0 Å². The van der Waals surface area contributed by atoms with E-state index >= 15 is 0 Å². The molecule has 2 N–H and O–H groups in total. The number of nitrogens with two attached hydrogens (primary N) is 1. The third-order valence-electron chi connectivity index (χ3n) is 3.85. The number of carbonyl (C=O) groups excluding carboxylic acids is 1. The van der Waals surface area contributed by atoms with Crippen LogP contribution < -0.4 is 5.73 Å². The summed E-state index contributed by atoms with van der Waals surface area (Å²) in [7, 11) is 0. The van der Waals surface area contributed by atoms with Gasteiger partial charge in [-0.3, -0.25) is 0 Å². The van der Waals surface area contributed by atoms with Crippen LogP contribution in [0.5, 0.6) is 0 Å². The van der Waals surface area contributed by atoms with Crippen LogP contribution in [0.3, 0.4) is 0 Å². The lowest BCUT2D eigenvalue weighted by Gasteiger charge is -2.24. The zero-order valence-corrected chi connectivity index (χ0v) is 10.8. The van der Waals surface area contributed by atoms with Gasteiger partial charge in [0.2, 0.25) is 0 Å². The number of cyclic esters (lactones) is 1. The van der Waals surface area contributed by atoms with Crippen molar-refractivity contribution < 1.29 is 9.53 Å². The molecule has 0 bridgehead atoms. The molecule has 0 aromatic rings. The summed E-state index contributed by atoms with van der Waals surface area (Å²) in [5.74, 6) is 0.567. The third-order valence-corrected chi connectivity index (χ3v) is 3.85. The first-order valence-electron chi connectivity index (χ1n) is 6.49. The fourth-order valence-electron chi connectivity index (χ4n) is 2.67. The van der Waals surface area contributed by atoms with Gasteiger partial charge in [-0.1, -0.05) is 0 Å². The topological polar surface area (TPSA) is 58.8 Å². The van der Waals surface area contributed by atoms with Crippen LogP contribution >= 0.6 is 0 Å². The van der Waals surface area contributed by atoms with Crippen molar-refractivity contribution >= 4 is 6.09 Å². The average molecular weight is 241 g/mol. The molecular weight excluding hydrogens is 218 g/mol. The van der Waals surface area contributed by atoms with Gasteiger partial charge in [0.1, 0.15) is 6.61 Å². The predicted molar refractivity (Wildman–Crippen MR) is 65.7 cm³/mol. The van der Waals surface area contributed by atoms with Crippen LogP contribution in [0.1, 0.15) is 20.3 Å². The summed E-state index contributed by atoms with van der Waals surface area (Å²) < 4.78 is 5.05. The molecule has 0 aliphatic carbocycles. The second-order valence-corrected chi connectivity index (χ2v) is 5.36. The Kier molecular flexibility index (Phi) is 3.89. The summed E-state index contributed by atoms with van der Waals surface area (Å²) in [5, 5.41) is 0. The van der Waals surface area contributed by atoms with Gasteiger partial charge in [0.25, 0.3) is 0 Å². The summed E-state index contributed by atoms with van der Waals surface area (Å²) in [6.45, 7) is 8.40. The van der Waals surface area contributed by atoms with Crippen LogP contribution in [0.15, 0.2) is 0 Å². The second kappa shape index (κ2) is 5.23. The minimum Gasteiger partial charge on any atom is -0.447 e. The second-order valence-electron chi connectivity index (χ2n) is 5.36. The van der Waals surface area contributed by atoms with Crippen LogP contribution in [0, 0.1) is 5.92 Å². The molecule has 2 fully saturated rings. The molecule has 17 heavy (non-hydrogen) atoms. The third kappa shape index (κ3) is 2.72. The smallest absolute Gasteiger partial charge is 0.410 e. The number of nitrogens with zero attached hydrogens (tertiary/aromatic N) is 2. The van der Waals surface area contributed by atoms with Gasteiger partial charge in [0, 0.05) is 25.7 Å². The quantitative estimate of drug-likeness (QED) is 0.778. The number of ether oxygens (including phenoxy) is 1. The molecule has 0 saturated carbocycles. The first-order chi connectivity index (χ1) is 8.11. The SMILES string of the molecule is CC(C)N1CCC(CN2C(=O)OCC2CN)C1. The normalized spacial score (nSPS) is 30.4. The summed E-state index contributed by atoms with van der Waals surface area (Å²) in [6, 6.07) is 0.673. The van der Waals surface area contributed by atoms with E-state index in [1.54, 1.807) is 0 Å². The lowest BCUT2D eigenvalue weighted by molar-refractivity contribution is 0.152. The molecule has 1 amide bonds. The Bertz CT molecular complexity index is 283. The fraction of sp³-hybridized carbons (Fsp3) is 0.917. The maximum atomic E-state index is 11.6. The van der Waals surface area contributed by atoms with Gasteiger partial charge < -0.3 is 20.3 Å². The molecule has 2 aliphatic heterocycles. The van der Waals surface area contributed by atoms with Gasteiger partial charge in [-0.15, -0.1) is 0 Å². The highest BCUT2D eigenvalue weighted by Crippen LogP contribution is 2.22. The minimum absolute atomic E-state index is 0.0793. The molecule has 2 rings (SSSR count). The van der Waals surface area contributed by atoms with E-state index in [9.17, 15) is 4.79 Å². The molecule has 2 atom stereocenters. The Morgan fingerprint density at radius 1 is 1.53 bits per heavy atom. The maximum absolute atomic E-state index is 11.6. The highest BCUT2D eigenvalue weighted by atomic mass is 16.6. The van der Waals surface area contributed by atoms with Gasteiger partial charge >= 0.3 is 6.09 Å². The Labute approximate surface area is 103 Å². The summed E-state index contributed by atoms with van der Waals surface area (Å²) in [5.41, 5.74) is 5.65. The lowest BCUT2D eigenvalue weighted by Crippen LogP contribution is -2.42. The predicted octanol–water partition coefficient (Wildman–Crippen LogP) is 0.496. The highest BCUT2D eigenvalue weighted by molar-refractivity contribution is 5.70. The van der Waals surface area contributed by atoms with Crippen molar-refractivity contribution in [2.24, 2.45) is 11.7 Å². The molecule has 0 spiro atoms. The van der Waals surface area contributed by atoms with Crippen molar-refractivity contribution in [3.8, 4) is 0 Å². The number of likely N-dealkylation sites (tertiary alicyclic amines) is 1. The molecule has 5 nitrogen and oxygen atoms in total. The summed E-state index contributed by atoms with van der Waals surface area (Å²) >= 11 is 0. The van der Waals surface area contributed by atoms with E-state index in [1.165, 1.54) is 6.42 Å². The fourth-order valence-corrected chi connectivity index (χ4v) is 2.67. The number of carbonyl (C=O) groups is 1. The molecule has 2 unspecified atom stereocenters. The van der Waals surface area contributed by atoms with E-state index in [0.717, 1.165) is 19.6 Å². The standard InChI is InChI=1S/C12H23N3O2/c1-9(2)14-4-3-10(6-14)7-15-11(5-13)8-17-12(15)16/h9-11H,3-8,13H2,1-2H3. The first kappa shape index (κ1) is 12.6. The Morgan fingerprint density at radius 2 is 2.29 bits per heavy atom. The van der Waals surface area contributed by atoms with Crippen LogP contribution in [0.25, 0.3) is 0 Å². The molecule has 98 valence electrons. The van der Waals surface area contributed by atoms with Gasteiger partial charge in [0.05, 0.1) is 6.04 Å². The summed E-state index contributed by atoms with van der Waals surface area (Å²) in [6.07, 6.45) is 0.975. The minimum atomic E-state index is -0.191. The van der Waals surface area contributed by atoms with Gasteiger partial charge in [-0.2, -0.15) is 0 Å². The number of hydrogen-bond donors (Lipinski definition) is 1. The number of hydrogen-bond acceptors (Lipinski definition) is 4. The lowest BCUT2D eigenvalue weighted by atomic mass is 10.1. The van der Waals surface area contributed by atoms with Gasteiger partial charge in [-0.05, 0) is 32.7 Å². The van der Waals surface area contributed by atoms with Gasteiger partial charge in [0.15, 0.2) is 0 Å². The molecule has 5 heteroatoms. The molecule has 0 aromatic heterocycles. The Hall–Kier alpha value is -0.810. The van der Waals surface area contributed by atoms with E-state index in [4.69, 9.17) is 10.5 Å². The molecule has 2 saturated heterocycles. The number of amides is 1. The summed E-state index contributed by atoms with van der Waals surface area (Å²) in [4.78, 5) is 15.9. The van der Waals surface area contributed by atoms with E-state index in [1.807, 2.05) is 4.90 Å². The molecule has 0 radical (unpaired) electrons. The van der Waals surface area contributed by atoms with E-state index in [2.05, 4.69) is 18.7 Å². The van der Waals surface area contributed by atoms with E-state index in [-0.39, 0.29) is 12.1 Å². The highest BCUT2D eigenvalue weighted by Gasteiger charge is 2.35. The zero-order valence-electron chi connectivity index (χ0n) is 10.8. The van der Waals surface area contributed by atoms with Crippen LogP contribution in [0.2, 0.25) is 0 Å². The van der Waals surface area contributed by atoms with Crippen molar-refractivity contribution in [1.82, 2.24) is 9.80 Å². The zero-order chi connectivity index (χ0) is 12.4. The van der Waals surface area contributed by atoms with Crippen LogP contribution in [0.4, 0.5) is 4.79 Å². The van der Waals surface area contributed by atoms with E-state index < -0.39 is 0 Å². The molecule has 2 aliphatic rings. The average Bonchev–Trinajstić information content (AvgIpc) is 2.88. The van der Waals surface area contributed by atoms with Crippen LogP contribution in [-0.4, -0.2) is 60.8 Å². The first-order valence-corrected chi connectivity index (χ1v) is 6.49.